The highest BCUT2D eigenvalue weighted by atomic mass is 19.1. The summed E-state index contributed by atoms with van der Waals surface area (Å²) < 4.78 is 13.3. The van der Waals surface area contributed by atoms with Crippen molar-refractivity contribution in [3.8, 4) is 0 Å². The highest BCUT2D eigenvalue weighted by molar-refractivity contribution is 5.19. The molecule has 0 bridgehead atoms. The van der Waals surface area contributed by atoms with Gasteiger partial charge in [-0.2, -0.15) is 0 Å². The van der Waals surface area contributed by atoms with Gasteiger partial charge in [0.25, 0.3) is 0 Å². The molecule has 0 saturated carbocycles. The first kappa shape index (κ1) is 15.5. The molecule has 0 amide bonds. The monoisotopic (exact) mass is 278 g/mol. The molecule has 3 atom stereocenters. The second-order valence-electron chi connectivity index (χ2n) is 6.03. The van der Waals surface area contributed by atoms with E-state index in [1.165, 1.54) is 32.0 Å². The molecular formula is C17H27FN2. The van der Waals surface area contributed by atoms with Crippen molar-refractivity contribution < 1.29 is 4.39 Å². The molecule has 112 valence electrons. The van der Waals surface area contributed by atoms with Gasteiger partial charge in [0, 0.05) is 18.6 Å². The number of piperidine rings is 1. The molecule has 0 aromatic heterocycles. The average molecular weight is 278 g/mol. The Morgan fingerprint density at radius 3 is 2.90 bits per heavy atom. The lowest BCUT2D eigenvalue weighted by Crippen LogP contribution is -2.44. The van der Waals surface area contributed by atoms with Crippen LogP contribution in [-0.4, -0.2) is 30.6 Å². The van der Waals surface area contributed by atoms with Crippen LogP contribution in [0.4, 0.5) is 4.39 Å². The molecule has 0 radical (unpaired) electrons. The topological polar surface area (TPSA) is 15.3 Å². The Labute approximate surface area is 122 Å². The fourth-order valence-corrected chi connectivity index (χ4v) is 3.19. The minimum atomic E-state index is -0.154. The molecule has 0 spiro atoms. The maximum absolute atomic E-state index is 13.3. The number of rotatable bonds is 5. The van der Waals surface area contributed by atoms with Crippen LogP contribution in [0, 0.1) is 11.7 Å². The van der Waals surface area contributed by atoms with Gasteiger partial charge in [0.05, 0.1) is 0 Å². The summed E-state index contributed by atoms with van der Waals surface area (Å²) in [5.41, 5.74) is 1.03. The number of likely N-dealkylation sites (tertiary alicyclic amines) is 1. The van der Waals surface area contributed by atoms with Gasteiger partial charge in [-0.3, -0.25) is 0 Å². The smallest absolute Gasteiger partial charge is 0.123 e. The van der Waals surface area contributed by atoms with Crippen LogP contribution in [0.2, 0.25) is 0 Å². The van der Waals surface area contributed by atoms with Gasteiger partial charge in [0.1, 0.15) is 5.82 Å². The van der Waals surface area contributed by atoms with Gasteiger partial charge in [-0.1, -0.05) is 19.1 Å². The van der Waals surface area contributed by atoms with Crippen molar-refractivity contribution in [2.24, 2.45) is 5.92 Å². The van der Waals surface area contributed by atoms with Crippen LogP contribution in [0.3, 0.4) is 0 Å². The number of nitrogens with zero attached hydrogens (tertiary/aromatic N) is 1. The van der Waals surface area contributed by atoms with Gasteiger partial charge in [0.2, 0.25) is 0 Å². The lowest BCUT2D eigenvalue weighted by atomic mass is 9.90. The van der Waals surface area contributed by atoms with Crippen LogP contribution < -0.4 is 5.32 Å². The van der Waals surface area contributed by atoms with E-state index in [-0.39, 0.29) is 11.9 Å². The Balaban J connectivity index is 1.91. The first-order valence-electron chi connectivity index (χ1n) is 7.84. The third kappa shape index (κ3) is 4.03. The Bertz CT molecular complexity index is 421. The summed E-state index contributed by atoms with van der Waals surface area (Å²) in [7, 11) is 0. The molecule has 1 aromatic carbocycles. The van der Waals surface area contributed by atoms with E-state index in [2.05, 4.69) is 31.0 Å². The van der Waals surface area contributed by atoms with Gasteiger partial charge >= 0.3 is 0 Å². The fraction of sp³-hybridized carbons (Fsp3) is 0.647. The van der Waals surface area contributed by atoms with Crippen LogP contribution in [0.1, 0.15) is 45.2 Å². The first-order chi connectivity index (χ1) is 9.60. The van der Waals surface area contributed by atoms with Crippen molar-refractivity contribution >= 4 is 0 Å². The third-order valence-electron chi connectivity index (χ3n) is 4.56. The Morgan fingerprint density at radius 1 is 1.40 bits per heavy atom. The van der Waals surface area contributed by atoms with Gasteiger partial charge in [-0.25, -0.2) is 4.39 Å². The van der Waals surface area contributed by atoms with Crippen molar-refractivity contribution in [2.75, 3.05) is 19.6 Å². The maximum Gasteiger partial charge on any atom is 0.123 e. The number of benzene rings is 1. The van der Waals surface area contributed by atoms with Gasteiger partial charge < -0.3 is 10.2 Å². The number of nitrogens with one attached hydrogen (secondary N) is 1. The third-order valence-corrected chi connectivity index (χ3v) is 4.56. The van der Waals surface area contributed by atoms with Gasteiger partial charge in [0.15, 0.2) is 0 Å². The minimum absolute atomic E-state index is 0.154. The largest absolute Gasteiger partial charge is 0.307 e. The van der Waals surface area contributed by atoms with Gasteiger partial charge in [-0.05, 0) is 63.4 Å². The molecule has 1 fully saturated rings. The zero-order chi connectivity index (χ0) is 14.5. The SMILES string of the molecule is CCN1CCCC(C(C)N[C@H](C)c2cccc(F)c2)C1. The molecule has 20 heavy (non-hydrogen) atoms. The van der Waals surface area contributed by atoms with E-state index in [0.29, 0.717) is 12.0 Å². The summed E-state index contributed by atoms with van der Waals surface area (Å²) >= 11 is 0. The zero-order valence-corrected chi connectivity index (χ0v) is 12.9. The van der Waals surface area contributed by atoms with Crippen molar-refractivity contribution in [3.63, 3.8) is 0 Å². The molecule has 1 N–H and O–H groups in total. The van der Waals surface area contributed by atoms with Crippen molar-refractivity contribution in [1.29, 1.82) is 0 Å². The standard InChI is InChI=1S/C17H27FN2/c1-4-20-10-6-8-16(12-20)14(3)19-13(2)15-7-5-9-17(18)11-15/h5,7,9,11,13-14,16,19H,4,6,8,10,12H2,1-3H3/t13-,14?,16?/m1/s1. The van der Waals surface area contributed by atoms with E-state index >= 15 is 0 Å². The number of hydrogen-bond acceptors (Lipinski definition) is 2. The summed E-state index contributed by atoms with van der Waals surface area (Å²) in [4.78, 5) is 2.53. The van der Waals surface area contributed by atoms with Crippen LogP contribution in [-0.2, 0) is 0 Å². The molecule has 1 aliphatic rings. The molecule has 1 aromatic rings. The highest BCUT2D eigenvalue weighted by Crippen LogP contribution is 2.22. The van der Waals surface area contributed by atoms with Gasteiger partial charge in [-0.15, -0.1) is 0 Å². The molecule has 1 aliphatic heterocycles. The molecule has 1 saturated heterocycles. The van der Waals surface area contributed by atoms with E-state index < -0.39 is 0 Å². The van der Waals surface area contributed by atoms with E-state index in [1.807, 2.05) is 6.07 Å². The predicted octanol–water partition coefficient (Wildman–Crippen LogP) is 3.60. The Kier molecular flexibility index (Phi) is 5.55. The molecule has 2 unspecified atom stereocenters. The van der Waals surface area contributed by atoms with Crippen LogP contribution in [0.5, 0.6) is 0 Å². The lowest BCUT2D eigenvalue weighted by molar-refractivity contribution is 0.153. The van der Waals surface area contributed by atoms with Crippen LogP contribution in [0.15, 0.2) is 24.3 Å². The predicted molar refractivity (Wildman–Crippen MR) is 82.3 cm³/mol. The number of hydrogen-bond donors (Lipinski definition) is 1. The first-order valence-corrected chi connectivity index (χ1v) is 7.84. The van der Waals surface area contributed by atoms with Crippen LogP contribution in [0.25, 0.3) is 0 Å². The van der Waals surface area contributed by atoms with Crippen LogP contribution >= 0.6 is 0 Å². The molecule has 2 nitrogen and oxygen atoms in total. The molecule has 3 heteroatoms. The van der Waals surface area contributed by atoms with Crippen molar-refractivity contribution in [2.45, 2.75) is 45.7 Å². The summed E-state index contributed by atoms with van der Waals surface area (Å²) in [5.74, 6) is 0.540. The molecular weight excluding hydrogens is 251 g/mol. The maximum atomic E-state index is 13.3. The summed E-state index contributed by atoms with van der Waals surface area (Å²) in [6.07, 6.45) is 2.58. The minimum Gasteiger partial charge on any atom is -0.307 e. The van der Waals surface area contributed by atoms with E-state index in [0.717, 1.165) is 12.1 Å². The van der Waals surface area contributed by atoms with Crippen molar-refractivity contribution in [1.82, 2.24) is 10.2 Å². The summed E-state index contributed by atoms with van der Waals surface area (Å²) in [6, 6.07) is 7.56. The average Bonchev–Trinajstić information content (AvgIpc) is 2.47. The molecule has 1 heterocycles. The lowest BCUT2D eigenvalue weighted by Gasteiger charge is -2.36. The second-order valence-corrected chi connectivity index (χ2v) is 6.03. The van der Waals surface area contributed by atoms with Crippen molar-refractivity contribution in [3.05, 3.63) is 35.6 Å². The zero-order valence-electron chi connectivity index (χ0n) is 12.9. The van der Waals surface area contributed by atoms with E-state index in [1.54, 1.807) is 12.1 Å². The summed E-state index contributed by atoms with van der Waals surface area (Å²) in [5, 5.41) is 3.64. The second kappa shape index (κ2) is 7.19. The van der Waals surface area contributed by atoms with E-state index in [9.17, 15) is 4.39 Å². The fourth-order valence-electron chi connectivity index (χ4n) is 3.19. The number of halogens is 1. The van der Waals surface area contributed by atoms with E-state index in [4.69, 9.17) is 0 Å². The highest BCUT2D eigenvalue weighted by Gasteiger charge is 2.24. The normalized spacial score (nSPS) is 23.5. The molecule has 0 aliphatic carbocycles. The summed E-state index contributed by atoms with van der Waals surface area (Å²) in [6.45, 7) is 10.2. The Morgan fingerprint density at radius 2 is 2.20 bits per heavy atom. The molecule has 2 rings (SSSR count). The quantitative estimate of drug-likeness (QED) is 0.885. The Hall–Kier alpha value is -0.930.